The molecule has 0 aliphatic carbocycles. The van der Waals surface area contributed by atoms with Crippen LogP contribution in [0.5, 0.6) is 0 Å². The van der Waals surface area contributed by atoms with E-state index in [9.17, 15) is 0 Å². The van der Waals surface area contributed by atoms with Crippen LogP contribution in [0.15, 0.2) is 30.1 Å². The van der Waals surface area contributed by atoms with E-state index in [0.29, 0.717) is 0 Å². The Hall–Kier alpha value is -1.61. The second-order valence-electron chi connectivity index (χ2n) is 4.48. The van der Waals surface area contributed by atoms with Gasteiger partial charge < -0.3 is 10.3 Å². The lowest BCUT2D eigenvalue weighted by Crippen LogP contribution is -2.17. The smallest absolute Gasteiger partial charge is 0.137 e. The SMILES string of the molecule is CCCNCC(=Cc1c[nH]c2ncccc12)CC. The Morgan fingerprint density at radius 2 is 2.33 bits per heavy atom. The molecule has 0 aromatic carbocycles. The van der Waals surface area contributed by atoms with Gasteiger partial charge >= 0.3 is 0 Å². The van der Waals surface area contributed by atoms with Gasteiger partial charge in [-0.2, -0.15) is 0 Å². The monoisotopic (exact) mass is 243 g/mol. The van der Waals surface area contributed by atoms with E-state index in [4.69, 9.17) is 0 Å². The van der Waals surface area contributed by atoms with Crippen LogP contribution in [-0.2, 0) is 0 Å². The van der Waals surface area contributed by atoms with Crippen molar-refractivity contribution in [3.63, 3.8) is 0 Å². The molecule has 3 nitrogen and oxygen atoms in total. The highest BCUT2D eigenvalue weighted by Crippen LogP contribution is 2.19. The van der Waals surface area contributed by atoms with Crippen LogP contribution >= 0.6 is 0 Å². The summed E-state index contributed by atoms with van der Waals surface area (Å²) in [6.45, 7) is 6.43. The first-order valence-corrected chi connectivity index (χ1v) is 6.67. The Bertz CT molecular complexity index is 525. The molecule has 2 aromatic heterocycles. The van der Waals surface area contributed by atoms with Gasteiger partial charge in [-0.3, -0.25) is 0 Å². The number of pyridine rings is 1. The van der Waals surface area contributed by atoms with Crippen molar-refractivity contribution < 1.29 is 0 Å². The van der Waals surface area contributed by atoms with E-state index < -0.39 is 0 Å². The molecule has 2 N–H and O–H groups in total. The molecule has 0 unspecified atom stereocenters. The highest BCUT2D eigenvalue weighted by atomic mass is 14.8. The first-order chi connectivity index (χ1) is 8.85. The van der Waals surface area contributed by atoms with Gasteiger partial charge in [0.15, 0.2) is 0 Å². The van der Waals surface area contributed by atoms with E-state index in [1.807, 2.05) is 18.5 Å². The van der Waals surface area contributed by atoms with Crippen LogP contribution in [0.3, 0.4) is 0 Å². The average molecular weight is 243 g/mol. The minimum Gasteiger partial charge on any atom is -0.346 e. The van der Waals surface area contributed by atoms with Crippen LogP contribution in [0.4, 0.5) is 0 Å². The Morgan fingerprint density at radius 1 is 1.44 bits per heavy atom. The molecule has 0 saturated carbocycles. The summed E-state index contributed by atoms with van der Waals surface area (Å²) in [7, 11) is 0. The van der Waals surface area contributed by atoms with E-state index in [1.165, 1.54) is 22.9 Å². The van der Waals surface area contributed by atoms with Crippen LogP contribution in [-0.4, -0.2) is 23.1 Å². The second kappa shape index (κ2) is 6.36. The van der Waals surface area contributed by atoms with Gasteiger partial charge in [-0.1, -0.05) is 25.5 Å². The molecule has 0 amide bonds. The largest absolute Gasteiger partial charge is 0.346 e. The normalized spacial score (nSPS) is 12.2. The third-order valence-electron chi connectivity index (χ3n) is 3.08. The van der Waals surface area contributed by atoms with Gasteiger partial charge in [0.2, 0.25) is 0 Å². The van der Waals surface area contributed by atoms with Gasteiger partial charge in [0, 0.05) is 29.9 Å². The molecule has 0 radical (unpaired) electrons. The predicted octanol–water partition coefficient (Wildman–Crippen LogP) is 3.36. The minimum absolute atomic E-state index is 0.959. The van der Waals surface area contributed by atoms with Crippen molar-refractivity contribution in [2.75, 3.05) is 13.1 Å². The predicted molar refractivity (Wildman–Crippen MR) is 77.5 cm³/mol. The first-order valence-electron chi connectivity index (χ1n) is 6.67. The zero-order valence-corrected chi connectivity index (χ0v) is 11.2. The fraction of sp³-hybridized carbons (Fsp3) is 0.400. The van der Waals surface area contributed by atoms with Gasteiger partial charge in [0.1, 0.15) is 5.65 Å². The molecule has 0 fully saturated rings. The number of nitrogens with zero attached hydrogens (tertiary/aromatic N) is 1. The van der Waals surface area contributed by atoms with Crippen LogP contribution in [0.1, 0.15) is 32.3 Å². The van der Waals surface area contributed by atoms with Crippen molar-refractivity contribution >= 4 is 17.1 Å². The lowest BCUT2D eigenvalue weighted by Gasteiger charge is -2.05. The van der Waals surface area contributed by atoms with Crippen LogP contribution in [0.2, 0.25) is 0 Å². The molecule has 2 heterocycles. The maximum absolute atomic E-state index is 4.31. The van der Waals surface area contributed by atoms with Crippen molar-refractivity contribution in [3.8, 4) is 0 Å². The van der Waals surface area contributed by atoms with E-state index >= 15 is 0 Å². The number of fused-ring (bicyclic) bond motifs is 1. The summed E-state index contributed by atoms with van der Waals surface area (Å²) in [6, 6.07) is 4.09. The van der Waals surface area contributed by atoms with E-state index in [0.717, 1.165) is 25.2 Å². The Labute approximate surface area is 108 Å². The van der Waals surface area contributed by atoms with Crippen LogP contribution < -0.4 is 5.32 Å². The quantitative estimate of drug-likeness (QED) is 0.764. The van der Waals surface area contributed by atoms with E-state index in [1.54, 1.807) is 0 Å². The Morgan fingerprint density at radius 3 is 3.11 bits per heavy atom. The number of nitrogens with one attached hydrogen (secondary N) is 2. The zero-order valence-electron chi connectivity index (χ0n) is 11.2. The molecule has 0 saturated heterocycles. The first kappa shape index (κ1) is 12.8. The average Bonchev–Trinajstić information content (AvgIpc) is 2.81. The lowest BCUT2D eigenvalue weighted by molar-refractivity contribution is 0.706. The van der Waals surface area contributed by atoms with Crippen LogP contribution in [0.25, 0.3) is 17.1 Å². The van der Waals surface area contributed by atoms with Crippen molar-refractivity contribution in [1.82, 2.24) is 15.3 Å². The molecule has 2 rings (SSSR count). The molecule has 0 aliphatic rings. The molecule has 0 atom stereocenters. The molecule has 3 heteroatoms. The maximum atomic E-state index is 4.31. The van der Waals surface area contributed by atoms with Crippen LogP contribution in [0, 0.1) is 0 Å². The molecule has 0 spiro atoms. The number of hydrogen-bond donors (Lipinski definition) is 2. The number of rotatable bonds is 6. The molecule has 0 aliphatic heterocycles. The molecular formula is C15H21N3. The number of aromatic amines is 1. The van der Waals surface area contributed by atoms with Crippen molar-refractivity contribution in [2.24, 2.45) is 0 Å². The van der Waals surface area contributed by atoms with Gasteiger partial charge in [0.25, 0.3) is 0 Å². The number of H-pyrrole nitrogens is 1. The molecule has 18 heavy (non-hydrogen) atoms. The summed E-state index contributed by atoms with van der Waals surface area (Å²) in [4.78, 5) is 7.52. The van der Waals surface area contributed by atoms with Crippen molar-refractivity contribution in [1.29, 1.82) is 0 Å². The highest BCUT2D eigenvalue weighted by Gasteiger charge is 2.02. The highest BCUT2D eigenvalue weighted by molar-refractivity contribution is 5.86. The number of hydrogen-bond acceptors (Lipinski definition) is 2. The second-order valence-corrected chi connectivity index (χ2v) is 4.48. The summed E-state index contributed by atoms with van der Waals surface area (Å²) >= 11 is 0. The van der Waals surface area contributed by atoms with Gasteiger partial charge in [0.05, 0.1) is 0 Å². The maximum Gasteiger partial charge on any atom is 0.137 e. The fourth-order valence-corrected chi connectivity index (χ4v) is 2.02. The summed E-state index contributed by atoms with van der Waals surface area (Å²) in [6.07, 6.45) is 8.36. The van der Waals surface area contributed by atoms with Gasteiger partial charge in [-0.05, 0) is 31.5 Å². The van der Waals surface area contributed by atoms with Gasteiger partial charge in [-0.15, -0.1) is 0 Å². The Balaban J connectivity index is 2.19. The third-order valence-corrected chi connectivity index (χ3v) is 3.08. The summed E-state index contributed by atoms with van der Waals surface area (Å²) in [5.74, 6) is 0. The standard InChI is InChI=1S/C15H21N3/c1-3-7-16-10-12(4-2)9-13-11-18-15-14(13)6-5-8-17-15/h5-6,8-9,11,16H,3-4,7,10H2,1-2H3,(H,17,18). The summed E-state index contributed by atoms with van der Waals surface area (Å²) < 4.78 is 0. The molecule has 2 aromatic rings. The number of aromatic nitrogens is 2. The molecule has 0 bridgehead atoms. The lowest BCUT2D eigenvalue weighted by atomic mass is 10.1. The fourth-order valence-electron chi connectivity index (χ4n) is 2.02. The van der Waals surface area contributed by atoms with Crippen molar-refractivity contribution in [2.45, 2.75) is 26.7 Å². The zero-order chi connectivity index (χ0) is 12.8. The Kier molecular flexibility index (Phi) is 4.53. The van der Waals surface area contributed by atoms with E-state index in [2.05, 4.69) is 41.3 Å². The molecular weight excluding hydrogens is 222 g/mol. The van der Waals surface area contributed by atoms with E-state index in [-0.39, 0.29) is 0 Å². The minimum atomic E-state index is 0.959. The van der Waals surface area contributed by atoms with Gasteiger partial charge in [-0.25, -0.2) is 4.98 Å². The molecule has 96 valence electrons. The topological polar surface area (TPSA) is 40.7 Å². The third kappa shape index (κ3) is 2.99. The summed E-state index contributed by atoms with van der Waals surface area (Å²) in [5, 5.41) is 4.65. The van der Waals surface area contributed by atoms with Crippen molar-refractivity contribution in [3.05, 3.63) is 35.7 Å². The summed E-state index contributed by atoms with van der Waals surface area (Å²) in [5.41, 5.74) is 3.61.